The summed E-state index contributed by atoms with van der Waals surface area (Å²) in [6.45, 7) is -0.692. The second kappa shape index (κ2) is 5.74. The van der Waals surface area contributed by atoms with Crippen molar-refractivity contribution in [2.24, 2.45) is 0 Å². The van der Waals surface area contributed by atoms with Crippen molar-refractivity contribution in [1.29, 1.82) is 0 Å². The molecule has 0 aliphatic heterocycles. The molecule has 1 heterocycles. The van der Waals surface area contributed by atoms with Crippen LogP contribution in [0.15, 0.2) is 13.6 Å². The average Bonchev–Trinajstić information content (AvgIpc) is 2.44. The summed E-state index contributed by atoms with van der Waals surface area (Å²) in [5.74, 6) is -1.33. The van der Waals surface area contributed by atoms with Crippen molar-refractivity contribution >= 4 is 54.9 Å². The van der Waals surface area contributed by atoms with Gasteiger partial charge >= 0.3 is 5.97 Å². The van der Waals surface area contributed by atoms with E-state index in [0.717, 1.165) is 3.79 Å². The van der Waals surface area contributed by atoms with E-state index in [0.29, 0.717) is 9.35 Å². The monoisotopic (exact) mass is 356 g/mol. The molecule has 0 aromatic carbocycles. The van der Waals surface area contributed by atoms with Crippen LogP contribution < -0.4 is 0 Å². The fraction of sp³-hybridized carbons (Fsp3) is 0.250. The highest BCUT2D eigenvalue weighted by molar-refractivity contribution is 9.12. The van der Waals surface area contributed by atoms with Gasteiger partial charge in [0.05, 0.1) is 7.57 Å². The van der Waals surface area contributed by atoms with Gasteiger partial charge in [-0.1, -0.05) is 0 Å². The molecule has 1 rings (SSSR count). The molecule has 0 unspecified atom stereocenters. The van der Waals surface area contributed by atoms with Crippen LogP contribution in [0.5, 0.6) is 0 Å². The van der Waals surface area contributed by atoms with Gasteiger partial charge in [-0.15, -0.1) is 11.3 Å². The highest BCUT2D eigenvalue weighted by atomic mass is 79.9. The van der Waals surface area contributed by atoms with Gasteiger partial charge in [0.2, 0.25) is 0 Å². The first-order valence-corrected chi connectivity index (χ1v) is 6.18. The lowest BCUT2D eigenvalue weighted by atomic mass is 10.2. The Hall–Kier alpha value is -0.240. The maximum absolute atomic E-state index is 11.5. The van der Waals surface area contributed by atoms with Crippen LogP contribution >= 0.6 is 43.2 Å². The van der Waals surface area contributed by atoms with Gasteiger partial charge in [-0.2, -0.15) is 0 Å². The number of hydrogen-bond donors (Lipinski definition) is 1. The number of ketones is 1. The number of ether oxygens (including phenoxy) is 1. The van der Waals surface area contributed by atoms with Crippen molar-refractivity contribution in [3.05, 3.63) is 19.2 Å². The third-order valence-electron chi connectivity index (χ3n) is 1.42. The van der Waals surface area contributed by atoms with Crippen LogP contribution in [-0.2, 0) is 9.53 Å². The summed E-state index contributed by atoms with van der Waals surface area (Å²) in [6.07, 6.45) is 0. The summed E-state index contributed by atoms with van der Waals surface area (Å²) in [5, 5.41) is 8.30. The predicted octanol–water partition coefficient (Wildman–Crippen LogP) is 2.56. The fourth-order valence-corrected chi connectivity index (χ4v) is 3.69. The van der Waals surface area contributed by atoms with Crippen LogP contribution in [0.25, 0.3) is 0 Å². The molecule has 4 nitrogen and oxygen atoms in total. The molecule has 0 atom stereocenters. The van der Waals surface area contributed by atoms with Gasteiger partial charge in [0.15, 0.2) is 5.78 Å². The van der Waals surface area contributed by atoms with E-state index < -0.39 is 12.6 Å². The van der Waals surface area contributed by atoms with Crippen molar-refractivity contribution in [2.45, 2.75) is 0 Å². The molecule has 82 valence electrons. The molecule has 0 bridgehead atoms. The van der Waals surface area contributed by atoms with E-state index in [2.05, 4.69) is 31.9 Å². The Morgan fingerprint density at radius 2 is 2.07 bits per heavy atom. The highest BCUT2D eigenvalue weighted by Crippen LogP contribution is 2.32. The molecule has 1 aromatic rings. The van der Waals surface area contributed by atoms with E-state index in [-0.39, 0.29) is 12.4 Å². The summed E-state index contributed by atoms with van der Waals surface area (Å²) in [4.78, 5) is 21.6. The SMILES string of the molecule is O=C(O)COCC(=O)c1cc(Br)sc1Br. The molecular weight excluding hydrogens is 352 g/mol. The molecule has 0 radical (unpaired) electrons. The van der Waals surface area contributed by atoms with E-state index in [9.17, 15) is 9.59 Å². The quantitative estimate of drug-likeness (QED) is 0.822. The first kappa shape index (κ1) is 12.8. The second-order valence-corrected chi connectivity index (χ2v) is 6.30. The van der Waals surface area contributed by atoms with Gasteiger partial charge in [-0.05, 0) is 37.9 Å². The molecule has 0 saturated heterocycles. The number of Topliss-reactive ketones (excluding diaryl/α,β-unsaturated/α-hetero) is 1. The minimum absolute atomic E-state index is 0.228. The Labute approximate surface area is 106 Å². The molecule has 0 spiro atoms. The molecule has 0 fully saturated rings. The Balaban J connectivity index is 2.54. The zero-order valence-electron chi connectivity index (χ0n) is 7.33. The summed E-state index contributed by atoms with van der Waals surface area (Å²) >= 11 is 7.86. The van der Waals surface area contributed by atoms with Gasteiger partial charge < -0.3 is 9.84 Å². The third kappa shape index (κ3) is 4.02. The van der Waals surface area contributed by atoms with Crippen LogP contribution in [0, 0.1) is 0 Å². The number of hydrogen-bond acceptors (Lipinski definition) is 4. The lowest BCUT2D eigenvalue weighted by molar-refractivity contribution is -0.141. The first-order chi connectivity index (χ1) is 7.00. The predicted molar refractivity (Wildman–Crippen MR) is 62.5 cm³/mol. The normalized spacial score (nSPS) is 10.3. The van der Waals surface area contributed by atoms with Crippen LogP contribution in [-0.4, -0.2) is 30.1 Å². The van der Waals surface area contributed by atoms with E-state index in [1.54, 1.807) is 6.07 Å². The minimum Gasteiger partial charge on any atom is -0.480 e. The standard InChI is InChI=1S/C8H6Br2O4S/c9-6-1-4(8(10)15-6)5(11)2-14-3-7(12)13/h1H,2-3H2,(H,12,13). The maximum Gasteiger partial charge on any atom is 0.329 e. The van der Waals surface area contributed by atoms with Crippen molar-refractivity contribution < 1.29 is 19.4 Å². The Morgan fingerprint density at radius 1 is 1.40 bits per heavy atom. The number of carbonyl (C=O) groups is 2. The molecular formula is C8H6Br2O4S. The number of thiophene rings is 1. The fourth-order valence-electron chi connectivity index (χ4n) is 0.839. The van der Waals surface area contributed by atoms with E-state index >= 15 is 0 Å². The van der Waals surface area contributed by atoms with Crippen molar-refractivity contribution in [2.75, 3.05) is 13.2 Å². The van der Waals surface area contributed by atoms with E-state index in [4.69, 9.17) is 9.84 Å². The van der Waals surface area contributed by atoms with Gasteiger partial charge in [0, 0.05) is 5.56 Å². The van der Waals surface area contributed by atoms with Crippen molar-refractivity contribution in [3.8, 4) is 0 Å². The smallest absolute Gasteiger partial charge is 0.329 e. The summed E-state index contributed by atoms with van der Waals surface area (Å²) < 4.78 is 6.23. The number of rotatable bonds is 5. The highest BCUT2D eigenvalue weighted by Gasteiger charge is 2.14. The van der Waals surface area contributed by atoms with Crippen molar-refractivity contribution in [3.63, 3.8) is 0 Å². The molecule has 7 heteroatoms. The molecule has 0 saturated carbocycles. The molecule has 0 aliphatic rings. The molecule has 1 aromatic heterocycles. The van der Waals surface area contributed by atoms with Gasteiger partial charge in [0.1, 0.15) is 13.2 Å². The van der Waals surface area contributed by atoms with E-state index in [1.807, 2.05) is 0 Å². The van der Waals surface area contributed by atoms with Crippen LogP contribution in [0.3, 0.4) is 0 Å². The third-order valence-corrected chi connectivity index (χ3v) is 3.76. The number of carboxylic acid groups (broad SMARTS) is 1. The van der Waals surface area contributed by atoms with Crippen LogP contribution in [0.1, 0.15) is 10.4 Å². The summed E-state index contributed by atoms with van der Waals surface area (Å²) in [5.41, 5.74) is 0.497. The topological polar surface area (TPSA) is 63.6 Å². The summed E-state index contributed by atoms with van der Waals surface area (Å²) in [7, 11) is 0. The van der Waals surface area contributed by atoms with Crippen LogP contribution in [0.4, 0.5) is 0 Å². The number of carbonyl (C=O) groups excluding carboxylic acids is 1. The Morgan fingerprint density at radius 3 is 2.53 bits per heavy atom. The zero-order valence-corrected chi connectivity index (χ0v) is 11.3. The minimum atomic E-state index is -1.09. The molecule has 1 N–H and O–H groups in total. The van der Waals surface area contributed by atoms with Gasteiger partial charge in [-0.3, -0.25) is 4.79 Å². The number of halogens is 2. The lowest BCUT2D eigenvalue weighted by Crippen LogP contribution is -2.14. The maximum atomic E-state index is 11.5. The average molecular weight is 358 g/mol. The molecule has 0 aliphatic carbocycles. The summed E-state index contributed by atoms with van der Waals surface area (Å²) in [6, 6.07) is 1.67. The van der Waals surface area contributed by atoms with E-state index in [1.165, 1.54) is 11.3 Å². The first-order valence-electron chi connectivity index (χ1n) is 3.78. The van der Waals surface area contributed by atoms with Gasteiger partial charge in [0.25, 0.3) is 0 Å². The zero-order chi connectivity index (χ0) is 11.4. The number of aliphatic carboxylic acids is 1. The van der Waals surface area contributed by atoms with Crippen molar-refractivity contribution in [1.82, 2.24) is 0 Å². The Kier molecular flexibility index (Phi) is 4.91. The molecule has 0 amide bonds. The lowest BCUT2D eigenvalue weighted by Gasteiger charge is -1.99. The second-order valence-electron chi connectivity index (χ2n) is 2.55. The van der Waals surface area contributed by atoms with Gasteiger partial charge in [-0.25, -0.2) is 4.79 Å². The Bertz CT molecular complexity index is 388. The van der Waals surface area contributed by atoms with Crippen LogP contribution in [0.2, 0.25) is 0 Å². The largest absolute Gasteiger partial charge is 0.480 e. The molecule has 15 heavy (non-hydrogen) atoms. The number of carboxylic acids is 1.